The molecule has 0 aromatic carbocycles. The number of carbonyl (C=O) groups excluding carboxylic acids is 1. The van der Waals surface area contributed by atoms with E-state index in [2.05, 4.69) is 0 Å². The summed E-state index contributed by atoms with van der Waals surface area (Å²) in [6, 6.07) is 0. The van der Waals surface area contributed by atoms with Crippen LogP contribution in [0, 0.1) is 0 Å². The third-order valence-corrected chi connectivity index (χ3v) is 1.70. The second-order valence-corrected chi connectivity index (χ2v) is 2.77. The number of rotatable bonds is 3. The molecule has 0 aromatic rings. The van der Waals surface area contributed by atoms with Crippen LogP contribution >= 0.6 is 0 Å². The highest BCUT2D eigenvalue weighted by molar-refractivity contribution is 5.55. The van der Waals surface area contributed by atoms with Gasteiger partial charge in [0.15, 0.2) is 6.29 Å². The Morgan fingerprint density at radius 1 is 1.64 bits per heavy atom. The first kappa shape index (κ1) is 8.68. The summed E-state index contributed by atoms with van der Waals surface area (Å²) >= 11 is 0. The molecule has 0 spiro atoms. The predicted octanol–water partition coefficient (Wildman–Crippen LogP) is 1.12. The predicted molar refractivity (Wildman–Crippen MR) is 40.2 cm³/mol. The van der Waals surface area contributed by atoms with Gasteiger partial charge in [0.1, 0.15) is 12.4 Å². The maximum absolute atomic E-state index is 10.2. The number of ether oxygens (including phenoxy) is 2. The highest BCUT2D eigenvalue weighted by atomic mass is 16.7. The van der Waals surface area contributed by atoms with Crippen LogP contribution < -0.4 is 0 Å². The maximum atomic E-state index is 10.2. The van der Waals surface area contributed by atoms with Crippen molar-refractivity contribution in [1.29, 1.82) is 0 Å². The van der Waals surface area contributed by atoms with Crippen molar-refractivity contribution < 1.29 is 14.3 Å². The lowest BCUT2D eigenvalue weighted by molar-refractivity contribution is -0.183. The average Bonchev–Trinajstić information content (AvgIpc) is 2.06. The summed E-state index contributed by atoms with van der Waals surface area (Å²) < 4.78 is 10.5. The molecule has 0 saturated carbocycles. The van der Waals surface area contributed by atoms with E-state index in [1.807, 2.05) is 0 Å². The Labute approximate surface area is 66.7 Å². The largest absolute Gasteiger partial charge is 0.353 e. The molecule has 0 amide bonds. The first-order chi connectivity index (χ1) is 5.33. The van der Waals surface area contributed by atoms with Crippen LogP contribution in [0.15, 0.2) is 0 Å². The van der Waals surface area contributed by atoms with Crippen LogP contribution in [0.1, 0.15) is 26.2 Å². The van der Waals surface area contributed by atoms with Gasteiger partial charge in [-0.15, -0.1) is 0 Å². The van der Waals surface area contributed by atoms with E-state index >= 15 is 0 Å². The molecule has 0 N–H and O–H groups in total. The standard InChI is InChI=1S/C8H14O3/c1-7(6-9)11-8-4-2-3-5-10-8/h6-8H,2-5H2,1H3/t7?,8-/m1/s1. The third-order valence-electron chi connectivity index (χ3n) is 1.70. The van der Waals surface area contributed by atoms with Gasteiger partial charge in [0, 0.05) is 6.61 Å². The smallest absolute Gasteiger partial charge is 0.158 e. The normalized spacial score (nSPS) is 27.9. The van der Waals surface area contributed by atoms with E-state index in [0.29, 0.717) is 0 Å². The Bertz CT molecular complexity index is 119. The molecule has 1 unspecified atom stereocenters. The zero-order valence-corrected chi connectivity index (χ0v) is 6.79. The van der Waals surface area contributed by atoms with Gasteiger partial charge in [-0.1, -0.05) is 0 Å². The lowest BCUT2D eigenvalue weighted by Gasteiger charge is -2.23. The molecule has 1 heterocycles. The summed E-state index contributed by atoms with van der Waals surface area (Å²) in [6.07, 6.45) is 3.46. The minimum atomic E-state index is -0.335. The van der Waals surface area contributed by atoms with Crippen LogP contribution in [0.25, 0.3) is 0 Å². The monoisotopic (exact) mass is 158 g/mol. The highest BCUT2D eigenvalue weighted by Crippen LogP contribution is 2.14. The van der Waals surface area contributed by atoms with Crippen LogP contribution in [-0.2, 0) is 14.3 Å². The van der Waals surface area contributed by atoms with E-state index in [1.54, 1.807) is 6.92 Å². The van der Waals surface area contributed by atoms with Gasteiger partial charge in [-0.25, -0.2) is 0 Å². The van der Waals surface area contributed by atoms with Gasteiger partial charge < -0.3 is 14.3 Å². The van der Waals surface area contributed by atoms with Crippen molar-refractivity contribution in [2.24, 2.45) is 0 Å². The Morgan fingerprint density at radius 3 is 3.00 bits per heavy atom. The molecule has 1 fully saturated rings. The molecule has 0 aromatic heterocycles. The molecule has 11 heavy (non-hydrogen) atoms. The van der Waals surface area contributed by atoms with Crippen LogP contribution in [-0.4, -0.2) is 25.3 Å². The molecule has 3 nitrogen and oxygen atoms in total. The molecule has 1 saturated heterocycles. The van der Waals surface area contributed by atoms with Crippen LogP contribution in [0.4, 0.5) is 0 Å². The summed E-state index contributed by atoms with van der Waals surface area (Å²) in [5.41, 5.74) is 0. The van der Waals surface area contributed by atoms with Crippen molar-refractivity contribution in [3.8, 4) is 0 Å². The molecule has 1 aliphatic heterocycles. The van der Waals surface area contributed by atoms with Crippen LogP contribution in [0.5, 0.6) is 0 Å². The van der Waals surface area contributed by atoms with E-state index in [1.165, 1.54) is 0 Å². The fourth-order valence-electron chi connectivity index (χ4n) is 1.09. The fourth-order valence-corrected chi connectivity index (χ4v) is 1.09. The highest BCUT2D eigenvalue weighted by Gasteiger charge is 2.16. The van der Waals surface area contributed by atoms with Crippen molar-refractivity contribution in [3.05, 3.63) is 0 Å². The number of aldehydes is 1. The summed E-state index contributed by atoms with van der Waals surface area (Å²) in [5, 5.41) is 0. The molecule has 1 aliphatic rings. The lowest BCUT2D eigenvalue weighted by Crippen LogP contribution is -2.26. The summed E-state index contributed by atoms with van der Waals surface area (Å²) in [7, 11) is 0. The molecule has 2 atom stereocenters. The average molecular weight is 158 g/mol. The number of hydrogen-bond donors (Lipinski definition) is 0. The van der Waals surface area contributed by atoms with Gasteiger partial charge in [-0.05, 0) is 26.2 Å². The topological polar surface area (TPSA) is 35.5 Å². The van der Waals surface area contributed by atoms with Crippen molar-refractivity contribution in [2.75, 3.05) is 6.61 Å². The van der Waals surface area contributed by atoms with Gasteiger partial charge in [-0.3, -0.25) is 0 Å². The Hall–Kier alpha value is -0.410. The second kappa shape index (κ2) is 4.46. The van der Waals surface area contributed by atoms with Gasteiger partial charge in [-0.2, -0.15) is 0 Å². The van der Waals surface area contributed by atoms with E-state index in [-0.39, 0.29) is 12.4 Å². The van der Waals surface area contributed by atoms with Crippen molar-refractivity contribution in [2.45, 2.75) is 38.6 Å². The van der Waals surface area contributed by atoms with E-state index in [9.17, 15) is 4.79 Å². The second-order valence-electron chi connectivity index (χ2n) is 2.77. The summed E-state index contributed by atoms with van der Waals surface area (Å²) in [6.45, 7) is 2.49. The van der Waals surface area contributed by atoms with Crippen LogP contribution in [0.2, 0.25) is 0 Å². The third kappa shape index (κ3) is 2.99. The van der Waals surface area contributed by atoms with Gasteiger partial charge in [0.25, 0.3) is 0 Å². The molecule has 1 rings (SSSR count). The minimum absolute atomic E-state index is 0.149. The van der Waals surface area contributed by atoms with E-state index < -0.39 is 0 Å². The number of carbonyl (C=O) groups is 1. The summed E-state index contributed by atoms with van der Waals surface area (Å²) in [5.74, 6) is 0. The molecular formula is C8H14O3. The van der Waals surface area contributed by atoms with Crippen molar-refractivity contribution in [3.63, 3.8) is 0 Å². The molecule has 64 valence electrons. The zero-order chi connectivity index (χ0) is 8.10. The Morgan fingerprint density at radius 2 is 2.45 bits per heavy atom. The molecule has 0 bridgehead atoms. The molecule has 0 aliphatic carbocycles. The molecular weight excluding hydrogens is 144 g/mol. The van der Waals surface area contributed by atoms with Crippen molar-refractivity contribution >= 4 is 6.29 Å². The Kier molecular flexibility index (Phi) is 3.52. The number of hydrogen-bond acceptors (Lipinski definition) is 3. The molecule has 3 heteroatoms. The zero-order valence-electron chi connectivity index (χ0n) is 6.79. The minimum Gasteiger partial charge on any atom is -0.353 e. The summed E-state index contributed by atoms with van der Waals surface area (Å²) in [4.78, 5) is 10.2. The lowest BCUT2D eigenvalue weighted by atomic mass is 10.2. The van der Waals surface area contributed by atoms with E-state index in [0.717, 1.165) is 32.2 Å². The SMILES string of the molecule is CC(C=O)O[C@@H]1CCCCO1. The van der Waals surface area contributed by atoms with E-state index in [4.69, 9.17) is 9.47 Å². The fraction of sp³-hybridized carbons (Fsp3) is 0.875. The maximum Gasteiger partial charge on any atom is 0.158 e. The van der Waals surface area contributed by atoms with Gasteiger partial charge >= 0.3 is 0 Å². The van der Waals surface area contributed by atoms with Gasteiger partial charge in [0.05, 0.1) is 0 Å². The Balaban J connectivity index is 2.18. The first-order valence-corrected chi connectivity index (χ1v) is 4.05. The van der Waals surface area contributed by atoms with Crippen molar-refractivity contribution in [1.82, 2.24) is 0 Å². The molecule has 0 radical (unpaired) electrons. The first-order valence-electron chi connectivity index (χ1n) is 4.05. The van der Waals surface area contributed by atoms with Crippen LogP contribution in [0.3, 0.4) is 0 Å². The quantitative estimate of drug-likeness (QED) is 0.577. The van der Waals surface area contributed by atoms with Gasteiger partial charge in [0.2, 0.25) is 0 Å².